The molecule has 0 bridgehead atoms. The maximum absolute atomic E-state index is 5.54. The lowest BCUT2D eigenvalue weighted by atomic mass is 10.3. The molecule has 0 N–H and O–H groups in total. The van der Waals surface area contributed by atoms with E-state index in [0.29, 0.717) is 5.03 Å². The first-order chi connectivity index (χ1) is 4.68. The fourth-order valence-corrected chi connectivity index (χ4v) is 0.259. The largest absolute Gasteiger partial charge is 0.271 e. The monoisotopic (exact) mass is 159 g/mol. The summed E-state index contributed by atoms with van der Waals surface area (Å²) in [6, 6.07) is 0. The second kappa shape index (κ2) is 8.44. The molecule has 0 saturated carbocycles. The van der Waals surface area contributed by atoms with Crippen LogP contribution in [0, 0.1) is 0 Å². The van der Waals surface area contributed by atoms with Gasteiger partial charge in [-0.1, -0.05) is 32.0 Å². The Labute approximate surface area is 68.1 Å². The van der Waals surface area contributed by atoms with Gasteiger partial charge in [-0.25, -0.2) is 0 Å². The molecule has 0 aromatic carbocycles. The minimum absolute atomic E-state index is 0.556. The van der Waals surface area contributed by atoms with E-state index in [-0.39, 0.29) is 0 Å². The van der Waals surface area contributed by atoms with Crippen LogP contribution >= 0.6 is 11.6 Å². The second-order valence-electron chi connectivity index (χ2n) is 1.44. The van der Waals surface area contributed by atoms with Crippen LogP contribution in [0.5, 0.6) is 0 Å². The van der Waals surface area contributed by atoms with Crippen LogP contribution in [0.3, 0.4) is 0 Å². The summed E-state index contributed by atoms with van der Waals surface area (Å²) in [6.45, 7) is 12.6. The summed E-state index contributed by atoms with van der Waals surface area (Å²) < 4.78 is 0. The Balaban J connectivity index is 0. The minimum Gasteiger partial charge on any atom is -0.271 e. The lowest BCUT2D eigenvalue weighted by Crippen LogP contribution is -1.68. The zero-order valence-corrected chi connectivity index (χ0v) is 7.57. The van der Waals surface area contributed by atoms with E-state index in [9.17, 15) is 0 Å². The molecule has 0 amide bonds. The summed E-state index contributed by atoms with van der Waals surface area (Å²) >= 11 is 5.54. The first kappa shape index (κ1) is 12.1. The Kier molecular flexibility index (Phi) is 10.3. The molecule has 0 rings (SSSR count). The standard InChI is InChI=1S/C6H8ClN.C2H6/c1-5(2)6(7)4-8-3;1-2/h4H,1,3H2,2H3;1-2H3/b6-4+;. The van der Waals surface area contributed by atoms with Gasteiger partial charge in [0.25, 0.3) is 0 Å². The first-order valence-corrected chi connectivity index (χ1v) is 3.53. The topological polar surface area (TPSA) is 12.4 Å². The molecule has 0 saturated heterocycles. The summed E-state index contributed by atoms with van der Waals surface area (Å²) in [6.07, 6.45) is 1.46. The average Bonchev–Trinajstić information content (AvgIpc) is 1.93. The van der Waals surface area contributed by atoms with Crippen LogP contribution in [0.2, 0.25) is 0 Å². The summed E-state index contributed by atoms with van der Waals surface area (Å²) in [5.74, 6) is 0. The summed E-state index contributed by atoms with van der Waals surface area (Å²) in [5.41, 5.74) is 0.805. The van der Waals surface area contributed by atoms with E-state index in [1.807, 2.05) is 20.8 Å². The molecule has 0 unspecified atom stereocenters. The Bertz CT molecular complexity index is 136. The zero-order valence-electron chi connectivity index (χ0n) is 6.82. The van der Waals surface area contributed by atoms with Crippen molar-refractivity contribution in [1.82, 2.24) is 0 Å². The lowest BCUT2D eigenvalue weighted by molar-refractivity contribution is 1.47. The molecule has 58 valence electrons. The van der Waals surface area contributed by atoms with Crippen molar-refractivity contribution < 1.29 is 0 Å². The third-order valence-electron chi connectivity index (χ3n) is 0.612. The van der Waals surface area contributed by atoms with Crippen LogP contribution < -0.4 is 0 Å². The van der Waals surface area contributed by atoms with Gasteiger partial charge in [0, 0.05) is 6.20 Å². The summed E-state index contributed by atoms with van der Waals surface area (Å²) in [5, 5.41) is 0.556. The maximum Gasteiger partial charge on any atom is 0.0611 e. The number of rotatable bonds is 2. The quantitative estimate of drug-likeness (QED) is 0.433. The smallest absolute Gasteiger partial charge is 0.0611 e. The van der Waals surface area contributed by atoms with E-state index in [4.69, 9.17) is 11.6 Å². The van der Waals surface area contributed by atoms with Gasteiger partial charge in [0.2, 0.25) is 0 Å². The SMILES string of the molecule is C=N/C=C(/Cl)C(=C)C.CC. The summed E-state index contributed by atoms with van der Waals surface area (Å²) in [7, 11) is 0. The van der Waals surface area contributed by atoms with E-state index >= 15 is 0 Å². The molecule has 0 aromatic heterocycles. The first-order valence-electron chi connectivity index (χ1n) is 3.16. The van der Waals surface area contributed by atoms with Crippen LogP contribution in [0.4, 0.5) is 0 Å². The van der Waals surface area contributed by atoms with Gasteiger partial charge in [-0.3, -0.25) is 4.99 Å². The van der Waals surface area contributed by atoms with Gasteiger partial charge in [0.15, 0.2) is 0 Å². The summed E-state index contributed by atoms with van der Waals surface area (Å²) in [4.78, 5) is 3.45. The highest BCUT2D eigenvalue weighted by atomic mass is 35.5. The third-order valence-corrected chi connectivity index (χ3v) is 1.03. The molecule has 1 nitrogen and oxygen atoms in total. The van der Waals surface area contributed by atoms with Crippen molar-refractivity contribution in [3.05, 3.63) is 23.4 Å². The molecule has 2 heteroatoms. The van der Waals surface area contributed by atoms with E-state index in [1.54, 1.807) is 0 Å². The van der Waals surface area contributed by atoms with E-state index in [2.05, 4.69) is 18.3 Å². The number of hydrogen-bond donors (Lipinski definition) is 0. The van der Waals surface area contributed by atoms with E-state index in [1.165, 1.54) is 6.20 Å². The van der Waals surface area contributed by atoms with Gasteiger partial charge < -0.3 is 0 Å². The lowest BCUT2D eigenvalue weighted by Gasteiger charge is -1.89. The van der Waals surface area contributed by atoms with Gasteiger partial charge in [0.1, 0.15) is 0 Å². The Morgan fingerprint density at radius 2 is 1.90 bits per heavy atom. The normalized spacial score (nSPS) is 9.40. The van der Waals surface area contributed by atoms with Crippen LogP contribution in [0.15, 0.2) is 28.4 Å². The van der Waals surface area contributed by atoms with Crippen molar-refractivity contribution in [2.75, 3.05) is 0 Å². The number of aliphatic imine (C=N–C) groups is 1. The van der Waals surface area contributed by atoms with Crippen LogP contribution in [0.25, 0.3) is 0 Å². The molecule has 0 aliphatic rings. The van der Waals surface area contributed by atoms with Crippen LogP contribution in [0.1, 0.15) is 20.8 Å². The second-order valence-corrected chi connectivity index (χ2v) is 1.85. The van der Waals surface area contributed by atoms with Gasteiger partial charge in [0.05, 0.1) is 5.03 Å². The van der Waals surface area contributed by atoms with Gasteiger partial charge in [-0.15, -0.1) is 0 Å². The fourth-order valence-electron chi connectivity index (χ4n) is 0.190. The van der Waals surface area contributed by atoms with Gasteiger partial charge >= 0.3 is 0 Å². The average molecular weight is 160 g/mol. The highest BCUT2D eigenvalue weighted by molar-refractivity contribution is 6.31. The molecule has 10 heavy (non-hydrogen) atoms. The van der Waals surface area contributed by atoms with E-state index < -0.39 is 0 Å². The molecule has 0 radical (unpaired) electrons. The minimum atomic E-state index is 0.556. The van der Waals surface area contributed by atoms with Gasteiger partial charge in [-0.2, -0.15) is 0 Å². The highest BCUT2D eigenvalue weighted by Crippen LogP contribution is 2.10. The Morgan fingerprint density at radius 3 is 2.00 bits per heavy atom. The molecule has 0 atom stereocenters. The predicted octanol–water partition coefficient (Wildman–Crippen LogP) is 3.37. The van der Waals surface area contributed by atoms with Crippen LogP contribution in [-0.2, 0) is 0 Å². The maximum atomic E-state index is 5.54. The number of allylic oxidation sites excluding steroid dienone is 2. The number of nitrogens with zero attached hydrogens (tertiary/aromatic N) is 1. The Morgan fingerprint density at radius 1 is 1.50 bits per heavy atom. The fraction of sp³-hybridized carbons (Fsp3) is 0.375. The van der Waals surface area contributed by atoms with Gasteiger partial charge in [-0.05, 0) is 19.2 Å². The van der Waals surface area contributed by atoms with Crippen molar-refractivity contribution >= 4 is 18.3 Å². The molecular formula is C8H14ClN. The Hall–Kier alpha value is -0.560. The van der Waals surface area contributed by atoms with Crippen LogP contribution in [-0.4, -0.2) is 6.72 Å². The van der Waals surface area contributed by atoms with E-state index in [0.717, 1.165) is 5.57 Å². The van der Waals surface area contributed by atoms with Crippen molar-refractivity contribution in [3.63, 3.8) is 0 Å². The van der Waals surface area contributed by atoms with Crippen molar-refractivity contribution in [2.24, 2.45) is 4.99 Å². The number of halogens is 1. The number of hydrogen-bond acceptors (Lipinski definition) is 1. The molecule has 0 aromatic rings. The molecule has 0 aliphatic carbocycles. The molecular weight excluding hydrogens is 146 g/mol. The molecule has 0 heterocycles. The van der Waals surface area contributed by atoms with Crippen molar-refractivity contribution in [2.45, 2.75) is 20.8 Å². The third kappa shape index (κ3) is 7.44. The van der Waals surface area contributed by atoms with Crippen molar-refractivity contribution in [3.8, 4) is 0 Å². The highest BCUT2D eigenvalue weighted by Gasteiger charge is 1.86. The predicted molar refractivity (Wildman–Crippen MR) is 49.6 cm³/mol. The van der Waals surface area contributed by atoms with Crippen molar-refractivity contribution in [1.29, 1.82) is 0 Å². The molecule has 0 spiro atoms. The zero-order chi connectivity index (χ0) is 8.57. The molecule has 0 fully saturated rings. The molecule has 0 aliphatic heterocycles.